The van der Waals surface area contributed by atoms with E-state index in [0.29, 0.717) is 18.7 Å². The van der Waals surface area contributed by atoms with Crippen molar-refractivity contribution in [2.45, 2.75) is 13.1 Å². The van der Waals surface area contributed by atoms with Crippen molar-refractivity contribution in [3.63, 3.8) is 0 Å². The average molecular weight is 252 g/mol. The molecule has 19 heavy (non-hydrogen) atoms. The molecule has 2 N–H and O–H groups in total. The van der Waals surface area contributed by atoms with Gasteiger partial charge in [0, 0.05) is 32.5 Å². The Kier molecular flexibility index (Phi) is 4.11. The molecular weight excluding hydrogens is 236 g/mol. The third kappa shape index (κ3) is 3.09. The molecule has 2 rings (SSSR count). The third-order valence-electron chi connectivity index (χ3n) is 2.97. The zero-order chi connectivity index (χ0) is 13.7. The van der Waals surface area contributed by atoms with E-state index >= 15 is 0 Å². The lowest BCUT2D eigenvalue weighted by Gasteiger charge is -2.20. The van der Waals surface area contributed by atoms with Crippen molar-refractivity contribution in [3.8, 4) is 6.07 Å². The van der Waals surface area contributed by atoms with Crippen molar-refractivity contribution in [2.75, 3.05) is 11.9 Å². The normalized spacial score (nSPS) is 9.95. The molecular formula is C15H16N4. The van der Waals surface area contributed by atoms with E-state index in [1.54, 1.807) is 6.20 Å². The van der Waals surface area contributed by atoms with Crippen LogP contribution in [0.5, 0.6) is 0 Å². The summed E-state index contributed by atoms with van der Waals surface area (Å²) in [6.07, 6.45) is 3.58. The molecule has 0 aliphatic rings. The van der Waals surface area contributed by atoms with E-state index in [2.05, 4.69) is 11.1 Å². The van der Waals surface area contributed by atoms with Crippen molar-refractivity contribution in [1.29, 1.82) is 5.26 Å². The fraction of sp³-hybridized carbons (Fsp3) is 0.200. The van der Waals surface area contributed by atoms with Gasteiger partial charge in [0.1, 0.15) is 6.07 Å². The lowest BCUT2D eigenvalue weighted by molar-refractivity contribution is 0.911. The van der Waals surface area contributed by atoms with Crippen molar-refractivity contribution < 1.29 is 0 Å². The predicted octanol–water partition coefficient (Wildman–Crippen LogP) is 2.05. The van der Waals surface area contributed by atoms with Gasteiger partial charge in [-0.25, -0.2) is 0 Å². The number of rotatable bonds is 4. The second kappa shape index (κ2) is 5.98. The second-order valence-corrected chi connectivity index (χ2v) is 4.38. The second-order valence-electron chi connectivity index (χ2n) is 4.38. The fourth-order valence-electron chi connectivity index (χ4n) is 1.98. The first-order chi connectivity index (χ1) is 9.24. The minimum Gasteiger partial charge on any atom is -0.369 e. The molecule has 0 atom stereocenters. The zero-order valence-electron chi connectivity index (χ0n) is 10.9. The zero-order valence-corrected chi connectivity index (χ0v) is 10.9. The third-order valence-corrected chi connectivity index (χ3v) is 2.97. The molecule has 1 heterocycles. The van der Waals surface area contributed by atoms with E-state index in [-0.39, 0.29) is 0 Å². The largest absolute Gasteiger partial charge is 0.369 e. The Hall–Kier alpha value is -2.38. The highest BCUT2D eigenvalue weighted by atomic mass is 15.1. The van der Waals surface area contributed by atoms with Crippen LogP contribution in [0.25, 0.3) is 0 Å². The topological polar surface area (TPSA) is 65.9 Å². The Bertz CT molecular complexity index is 587. The van der Waals surface area contributed by atoms with Gasteiger partial charge in [-0.3, -0.25) is 4.98 Å². The lowest BCUT2D eigenvalue weighted by atomic mass is 10.1. The van der Waals surface area contributed by atoms with Crippen LogP contribution in [-0.2, 0) is 13.1 Å². The Morgan fingerprint density at radius 1 is 1.32 bits per heavy atom. The Balaban J connectivity index is 2.24. The van der Waals surface area contributed by atoms with Crippen LogP contribution in [0, 0.1) is 11.3 Å². The number of hydrogen-bond donors (Lipinski definition) is 1. The molecule has 0 amide bonds. The van der Waals surface area contributed by atoms with Gasteiger partial charge in [-0.1, -0.05) is 12.1 Å². The Morgan fingerprint density at radius 2 is 2.16 bits per heavy atom. The molecule has 2 aromatic rings. The highest BCUT2D eigenvalue weighted by molar-refractivity contribution is 5.60. The highest BCUT2D eigenvalue weighted by Gasteiger charge is 2.08. The molecule has 0 saturated heterocycles. The molecule has 0 fully saturated rings. The minimum atomic E-state index is 0.446. The summed E-state index contributed by atoms with van der Waals surface area (Å²) in [4.78, 5) is 6.13. The molecule has 1 aromatic carbocycles. The molecule has 0 unspecified atom stereocenters. The van der Waals surface area contributed by atoms with E-state index in [1.807, 2.05) is 48.5 Å². The first kappa shape index (κ1) is 13.1. The Morgan fingerprint density at radius 3 is 2.79 bits per heavy atom. The van der Waals surface area contributed by atoms with Gasteiger partial charge in [0.15, 0.2) is 0 Å². The van der Waals surface area contributed by atoms with Crippen LogP contribution in [0.4, 0.5) is 5.69 Å². The van der Waals surface area contributed by atoms with Crippen LogP contribution in [0.3, 0.4) is 0 Å². The van der Waals surface area contributed by atoms with Crippen LogP contribution < -0.4 is 10.6 Å². The average Bonchev–Trinajstić information content (AvgIpc) is 2.47. The van der Waals surface area contributed by atoms with Gasteiger partial charge in [-0.2, -0.15) is 5.26 Å². The summed E-state index contributed by atoms with van der Waals surface area (Å²) < 4.78 is 0. The van der Waals surface area contributed by atoms with Gasteiger partial charge in [0.25, 0.3) is 0 Å². The molecule has 0 saturated carbocycles. The Labute approximate surface area is 113 Å². The van der Waals surface area contributed by atoms with Crippen LogP contribution in [0.1, 0.15) is 16.7 Å². The standard InChI is InChI=1S/C15H16N4/c1-19(11-13-3-2-6-18-10-13)15-5-4-12(8-16)7-14(15)9-17/h2-7,10H,8,11,16H2,1H3. The lowest BCUT2D eigenvalue weighted by Crippen LogP contribution is -2.17. The van der Waals surface area contributed by atoms with Gasteiger partial charge in [0.05, 0.1) is 11.3 Å². The number of hydrogen-bond acceptors (Lipinski definition) is 4. The highest BCUT2D eigenvalue weighted by Crippen LogP contribution is 2.21. The number of nitrogens with two attached hydrogens (primary N) is 1. The summed E-state index contributed by atoms with van der Waals surface area (Å²) in [7, 11) is 1.96. The monoisotopic (exact) mass is 252 g/mol. The molecule has 96 valence electrons. The summed E-state index contributed by atoms with van der Waals surface area (Å²) in [5.74, 6) is 0. The van der Waals surface area contributed by atoms with Crippen LogP contribution in [0.15, 0.2) is 42.7 Å². The molecule has 0 bridgehead atoms. The molecule has 4 heteroatoms. The number of pyridine rings is 1. The van der Waals surface area contributed by atoms with Crippen LogP contribution in [0.2, 0.25) is 0 Å². The van der Waals surface area contributed by atoms with Crippen molar-refractivity contribution in [2.24, 2.45) is 5.73 Å². The molecule has 0 radical (unpaired) electrons. The minimum absolute atomic E-state index is 0.446. The summed E-state index contributed by atoms with van der Waals surface area (Å²) in [6.45, 7) is 1.16. The number of nitriles is 1. The van der Waals surface area contributed by atoms with E-state index in [1.165, 1.54) is 0 Å². The number of anilines is 1. The maximum atomic E-state index is 9.22. The molecule has 0 spiro atoms. The van der Waals surface area contributed by atoms with E-state index in [4.69, 9.17) is 5.73 Å². The van der Waals surface area contributed by atoms with Gasteiger partial charge in [-0.05, 0) is 29.3 Å². The van der Waals surface area contributed by atoms with Gasteiger partial charge in [0.2, 0.25) is 0 Å². The summed E-state index contributed by atoms with van der Waals surface area (Å²) in [5, 5.41) is 9.22. The maximum absolute atomic E-state index is 9.22. The smallest absolute Gasteiger partial charge is 0.101 e. The first-order valence-corrected chi connectivity index (χ1v) is 6.07. The van der Waals surface area contributed by atoms with Crippen molar-refractivity contribution >= 4 is 5.69 Å². The maximum Gasteiger partial charge on any atom is 0.101 e. The number of nitrogens with zero attached hydrogens (tertiary/aromatic N) is 3. The molecule has 1 aromatic heterocycles. The van der Waals surface area contributed by atoms with Crippen molar-refractivity contribution in [3.05, 3.63) is 59.4 Å². The first-order valence-electron chi connectivity index (χ1n) is 6.07. The summed E-state index contributed by atoms with van der Waals surface area (Å²) in [5.41, 5.74) is 9.22. The summed E-state index contributed by atoms with van der Waals surface area (Å²) in [6, 6.07) is 11.9. The van der Waals surface area contributed by atoms with E-state index < -0.39 is 0 Å². The van der Waals surface area contributed by atoms with Crippen molar-refractivity contribution in [1.82, 2.24) is 4.98 Å². The van der Waals surface area contributed by atoms with Gasteiger partial charge < -0.3 is 10.6 Å². The number of aromatic nitrogens is 1. The van der Waals surface area contributed by atoms with Crippen LogP contribution in [-0.4, -0.2) is 12.0 Å². The van der Waals surface area contributed by atoms with Gasteiger partial charge >= 0.3 is 0 Å². The van der Waals surface area contributed by atoms with E-state index in [9.17, 15) is 5.26 Å². The molecule has 0 aliphatic carbocycles. The van der Waals surface area contributed by atoms with Gasteiger partial charge in [-0.15, -0.1) is 0 Å². The summed E-state index contributed by atoms with van der Waals surface area (Å²) >= 11 is 0. The van der Waals surface area contributed by atoms with Crippen LogP contribution >= 0.6 is 0 Å². The molecule has 0 aliphatic heterocycles. The quantitative estimate of drug-likeness (QED) is 0.904. The predicted molar refractivity (Wildman–Crippen MR) is 75.4 cm³/mol. The number of benzene rings is 1. The SMILES string of the molecule is CN(Cc1cccnc1)c1ccc(CN)cc1C#N. The van der Waals surface area contributed by atoms with E-state index in [0.717, 1.165) is 16.8 Å². The fourth-order valence-corrected chi connectivity index (χ4v) is 1.98. The molecule has 4 nitrogen and oxygen atoms in total.